The molecule has 0 heterocycles. The molecule has 0 bridgehead atoms. The van der Waals surface area contributed by atoms with Crippen LogP contribution in [0.2, 0.25) is 0 Å². The molecule has 1 atom stereocenters. The molecule has 1 unspecified atom stereocenters. The molecule has 4 nitrogen and oxygen atoms in total. The fraction of sp³-hybridized carbons (Fsp3) is 0.250. The van der Waals surface area contributed by atoms with Gasteiger partial charge in [0.1, 0.15) is 17.2 Å². The van der Waals surface area contributed by atoms with Gasteiger partial charge in [-0.05, 0) is 30.7 Å². The van der Waals surface area contributed by atoms with E-state index in [1.165, 1.54) is 6.07 Å². The number of aromatic hydroxyl groups is 2. The van der Waals surface area contributed by atoms with E-state index in [1.54, 1.807) is 19.2 Å². The van der Waals surface area contributed by atoms with E-state index in [0.29, 0.717) is 6.54 Å². The van der Waals surface area contributed by atoms with E-state index < -0.39 is 0 Å². The lowest BCUT2D eigenvalue weighted by molar-refractivity contribution is 0.413. The van der Waals surface area contributed by atoms with Crippen LogP contribution in [0.1, 0.15) is 24.1 Å². The van der Waals surface area contributed by atoms with Crippen molar-refractivity contribution in [2.45, 2.75) is 19.5 Å². The van der Waals surface area contributed by atoms with Gasteiger partial charge in [-0.25, -0.2) is 0 Å². The summed E-state index contributed by atoms with van der Waals surface area (Å²) >= 11 is 0. The Balaban J connectivity index is 2.02. The third-order valence-corrected chi connectivity index (χ3v) is 3.26. The summed E-state index contributed by atoms with van der Waals surface area (Å²) in [6.45, 7) is 2.57. The third-order valence-electron chi connectivity index (χ3n) is 3.26. The first-order chi connectivity index (χ1) is 9.60. The first-order valence-corrected chi connectivity index (χ1v) is 6.48. The summed E-state index contributed by atoms with van der Waals surface area (Å²) in [4.78, 5) is 0. The maximum absolute atomic E-state index is 9.74. The van der Waals surface area contributed by atoms with E-state index >= 15 is 0 Å². The monoisotopic (exact) mass is 273 g/mol. The van der Waals surface area contributed by atoms with Gasteiger partial charge in [-0.1, -0.05) is 18.2 Å². The molecule has 20 heavy (non-hydrogen) atoms. The Morgan fingerprint density at radius 2 is 1.95 bits per heavy atom. The van der Waals surface area contributed by atoms with Crippen molar-refractivity contribution in [2.75, 3.05) is 7.11 Å². The van der Waals surface area contributed by atoms with Gasteiger partial charge in [-0.2, -0.15) is 0 Å². The molecule has 3 N–H and O–H groups in total. The second-order valence-electron chi connectivity index (χ2n) is 4.69. The van der Waals surface area contributed by atoms with E-state index in [1.807, 2.05) is 31.2 Å². The molecule has 0 radical (unpaired) electrons. The summed E-state index contributed by atoms with van der Waals surface area (Å²) in [6.07, 6.45) is 0. The molecule has 0 saturated heterocycles. The molecule has 0 aliphatic carbocycles. The molecule has 0 fully saturated rings. The zero-order chi connectivity index (χ0) is 14.5. The minimum absolute atomic E-state index is 0.0621. The first kappa shape index (κ1) is 14.2. The Morgan fingerprint density at radius 3 is 2.65 bits per heavy atom. The van der Waals surface area contributed by atoms with E-state index in [2.05, 4.69) is 5.32 Å². The van der Waals surface area contributed by atoms with Gasteiger partial charge in [-0.3, -0.25) is 0 Å². The van der Waals surface area contributed by atoms with Crippen LogP contribution in [0, 0.1) is 0 Å². The molecule has 0 saturated carbocycles. The number of rotatable bonds is 5. The maximum atomic E-state index is 9.74. The molecule has 0 spiro atoms. The molecular weight excluding hydrogens is 254 g/mol. The minimum Gasteiger partial charge on any atom is -0.508 e. The van der Waals surface area contributed by atoms with Gasteiger partial charge in [0.15, 0.2) is 0 Å². The SMILES string of the molecule is COc1cccc(C(C)NCc2ccc(O)cc2O)c1. The molecule has 2 aromatic rings. The molecule has 0 amide bonds. The maximum Gasteiger partial charge on any atom is 0.123 e. The molecule has 106 valence electrons. The average molecular weight is 273 g/mol. The van der Waals surface area contributed by atoms with Crippen LogP contribution in [0.15, 0.2) is 42.5 Å². The second-order valence-corrected chi connectivity index (χ2v) is 4.69. The summed E-state index contributed by atoms with van der Waals surface area (Å²) in [7, 11) is 1.64. The number of hydrogen-bond donors (Lipinski definition) is 3. The zero-order valence-electron chi connectivity index (χ0n) is 11.6. The summed E-state index contributed by atoms with van der Waals surface area (Å²) in [5.74, 6) is 0.978. The molecule has 0 aromatic heterocycles. The Bertz CT molecular complexity index is 584. The summed E-state index contributed by atoms with van der Waals surface area (Å²) in [5.41, 5.74) is 1.86. The normalized spacial score (nSPS) is 12.1. The Morgan fingerprint density at radius 1 is 1.15 bits per heavy atom. The molecular formula is C16H19NO3. The topological polar surface area (TPSA) is 61.7 Å². The highest BCUT2D eigenvalue weighted by Gasteiger charge is 2.08. The van der Waals surface area contributed by atoms with Crippen molar-refractivity contribution in [3.8, 4) is 17.2 Å². The number of ether oxygens (including phenoxy) is 1. The van der Waals surface area contributed by atoms with Crippen molar-refractivity contribution in [1.29, 1.82) is 0 Å². The largest absolute Gasteiger partial charge is 0.508 e. The lowest BCUT2D eigenvalue weighted by Crippen LogP contribution is -2.18. The minimum atomic E-state index is 0.0621. The number of phenolic OH excluding ortho intramolecular Hbond substituents is 2. The number of benzene rings is 2. The van der Waals surface area contributed by atoms with Crippen LogP contribution >= 0.6 is 0 Å². The van der Waals surface area contributed by atoms with Crippen LogP contribution < -0.4 is 10.1 Å². The molecule has 0 aliphatic heterocycles. The predicted molar refractivity (Wildman–Crippen MR) is 78.0 cm³/mol. The van der Waals surface area contributed by atoms with Crippen LogP contribution in [-0.4, -0.2) is 17.3 Å². The van der Waals surface area contributed by atoms with Crippen molar-refractivity contribution in [2.24, 2.45) is 0 Å². The van der Waals surface area contributed by atoms with Crippen LogP contribution in [0.4, 0.5) is 0 Å². The predicted octanol–water partition coefficient (Wildman–Crippen LogP) is 2.96. The van der Waals surface area contributed by atoms with Gasteiger partial charge in [0.25, 0.3) is 0 Å². The van der Waals surface area contributed by atoms with E-state index in [0.717, 1.165) is 16.9 Å². The van der Waals surface area contributed by atoms with Crippen molar-refractivity contribution in [3.05, 3.63) is 53.6 Å². The summed E-state index contributed by atoms with van der Waals surface area (Å²) < 4.78 is 5.20. The van der Waals surface area contributed by atoms with Gasteiger partial charge >= 0.3 is 0 Å². The fourth-order valence-electron chi connectivity index (χ4n) is 1.99. The highest BCUT2D eigenvalue weighted by Crippen LogP contribution is 2.24. The van der Waals surface area contributed by atoms with Crippen LogP contribution in [0.3, 0.4) is 0 Å². The number of methoxy groups -OCH3 is 1. The average Bonchev–Trinajstić information content (AvgIpc) is 2.46. The Labute approximate surface area is 118 Å². The number of hydrogen-bond acceptors (Lipinski definition) is 4. The second kappa shape index (κ2) is 6.30. The third kappa shape index (κ3) is 3.42. The van der Waals surface area contributed by atoms with Gasteiger partial charge < -0.3 is 20.3 Å². The van der Waals surface area contributed by atoms with Crippen LogP contribution in [-0.2, 0) is 6.54 Å². The highest BCUT2D eigenvalue weighted by atomic mass is 16.5. The number of phenols is 2. The van der Waals surface area contributed by atoms with Gasteiger partial charge in [0, 0.05) is 24.2 Å². The van der Waals surface area contributed by atoms with Crippen LogP contribution in [0.5, 0.6) is 17.2 Å². The van der Waals surface area contributed by atoms with E-state index in [4.69, 9.17) is 4.74 Å². The van der Waals surface area contributed by atoms with Crippen molar-refractivity contribution >= 4 is 0 Å². The van der Waals surface area contributed by atoms with E-state index in [-0.39, 0.29) is 17.5 Å². The summed E-state index contributed by atoms with van der Waals surface area (Å²) in [5, 5.41) is 22.3. The molecule has 2 aromatic carbocycles. The lowest BCUT2D eigenvalue weighted by atomic mass is 10.1. The van der Waals surface area contributed by atoms with Gasteiger partial charge in [0.2, 0.25) is 0 Å². The Hall–Kier alpha value is -2.20. The van der Waals surface area contributed by atoms with Gasteiger partial charge in [-0.15, -0.1) is 0 Å². The first-order valence-electron chi connectivity index (χ1n) is 6.48. The molecule has 2 rings (SSSR count). The molecule has 4 heteroatoms. The number of nitrogens with one attached hydrogen (secondary N) is 1. The van der Waals surface area contributed by atoms with Crippen molar-refractivity contribution in [1.82, 2.24) is 5.32 Å². The molecule has 0 aliphatic rings. The van der Waals surface area contributed by atoms with Crippen molar-refractivity contribution < 1.29 is 14.9 Å². The highest BCUT2D eigenvalue weighted by molar-refractivity contribution is 5.39. The smallest absolute Gasteiger partial charge is 0.123 e. The zero-order valence-corrected chi connectivity index (χ0v) is 11.6. The van der Waals surface area contributed by atoms with E-state index in [9.17, 15) is 10.2 Å². The standard InChI is InChI=1S/C16H19NO3/c1-11(12-4-3-5-15(8-12)20-2)17-10-13-6-7-14(18)9-16(13)19/h3-9,11,17-19H,10H2,1-2H3. The Kier molecular flexibility index (Phi) is 4.48. The lowest BCUT2D eigenvalue weighted by Gasteiger charge is -2.15. The van der Waals surface area contributed by atoms with Crippen molar-refractivity contribution in [3.63, 3.8) is 0 Å². The summed E-state index contributed by atoms with van der Waals surface area (Å²) in [6, 6.07) is 12.6. The fourth-order valence-corrected chi connectivity index (χ4v) is 1.99. The van der Waals surface area contributed by atoms with Gasteiger partial charge in [0.05, 0.1) is 7.11 Å². The van der Waals surface area contributed by atoms with Crippen LogP contribution in [0.25, 0.3) is 0 Å². The quantitative estimate of drug-likeness (QED) is 0.784.